The first-order valence-electron chi connectivity index (χ1n) is 7.91. The molecule has 0 aliphatic carbocycles. The highest BCUT2D eigenvalue weighted by atomic mass is 16.3. The van der Waals surface area contributed by atoms with Crippen LogP contribution in [0.4, 0.5) is 0 Å². The van der Waals surface area contributed by atoms with Gasteiger partial charge in [0.15, 0.2) is 0 Å². The van der Waals surface area contributed by atoms with E-state index in [1.807, 2.05) is 12.1 Å². The fourth-order valence-electron chi connectivity index (χ4n) is 3.56. The Morgan fingerprint density at radius 1 is 1.24 bits per heavy atom. The Bertz CT molecular complexity index is 553. The topological polar surface area (TPSA) is 19.6 Å². The summed E-state index contributed by atoms with van der Waals surface area (Å²) in [6.45, 7) is 7.89. The van der Waals surface area contributed by atoms with Crippen LogP contribution in [-0.4, -0.2) is 43.0 Å². The summed E-state index contributed by atoms with van der Waals surface area (Å²) in [5, 5.41) is 1.20. The van der Waals surface area contributed by atoms with Crippen molar-refractivity contribution in [3.05, 3.63) is 36.1 Å². The van der Waals surface area contributed by atoms with Crippen molar-refractivity contribution in [2.45, 2.75) is 26.4 Å². The Labute approximate surface area is 127 Å². The zero-order chi connectivity index (χ0) is 15.0. The van der Waals surface area contributed by atoms with E-state index in [-0.39, 0.29) is 0 Å². The Balaban J connectivity index is 1.73. The van der Waals surface area contributed by atoms with E-state index in [1.165, 1.54) is 5.39 Å². The van der Waals surface area contributed by atoms with Gasteiger partial charge in [-0.2, -0.15) is 0 Å². The monoisotopic (exact) mass is 286 g/mol. The lowest BCUT2D eigenvalue weighted by Crippen LogP contribution is -2.37. The predicted molar refractivity (Wildman–Crippen MR) is 87.3 cm³/mol. The molecule has 3 rings (SSSR count). The zero-order valence-corrected chi connectivity index (χ0v) is 13.5. The normalized spacial score (nSPS) is 23.7. The molecule has 0 bridgehead atoms. The molecule has 0 saturated carbocycles. The highest BCUT2D eigenvalue weighted by Gasteiger charge is 2.35. The highest BCUT2D eigenvalue weighted by molar-refractivity contribution is 5.77. The minimum Gasteiger partial charge on any atom is -0.460 e. The minimum atomic E-state index is 0.648. The molecule has 2 heterocycles. The molecule has 0 amide bonds. The number of fused-ring (bicyclic) bond motifs is 1. The number of nitrogens with zero attached hydrogens (tertiary/aromatic N) is 2. The third-order valence-corrected chi connectivity index (χ3v) is 4.78. The molecule has 1 fully saturated rings. The molecule has 0 N–H and O–H groups in total. The van der Waals surface area contributed by atoms with Crippen molar-refractivity contribution in [3.63, 3.8) is 0 Å². The van der Waals surface area contributed by atoms with Gasteiger partial charge in [-0.05, 0) is 38.1 Å². The van der Waals surface area contributed by atoms with Crippen LogP contribution in [-0.2, 0) is 6.54 Å². The van der Waals surface area contributed by atoms with Crippen LogP contribution >= 0.6 is 0 Å². The highest BCUT2D eigenvalue weighted by Crippen LogP contribution is 2.29. The van der Waals surface area contributed by atoms with E-state index in [9.17, 15) is 0 Å². The van der Waals surface area contributed by atoms with Gasteiger partial charge >= 0.3 is 0 Å². The van der Waals surface area contributed by atoms with E-state index in [2.05, 4.69) is 55.9 Å². The molecular formula is C18H26N2O. The van der Waals surface area contributed by atoms with Gasteiger partial charge in [-0.3, -0.25) is 4.90 Å². The summed E-state index contributed by atoms with van der Waals surface area (Å²) in [7, 11) is 4.40. The zero-order valence-electron chi connectivity index (χ0n) is 13.5. The maximum atomic E-state index is 5.97. The molecule has 1 aromatic heterocycles. The first-order valence-corrected chi connectivity index (χ1v) is 7.91. The third-order valence-electron chi connectivity index (χ3n) is 4.78. The number of hydrogen-bond donors (Lipinski definition) is 0. The van der Waals surface area contributed by atoms with Gasteiger partial charge in [0.1, 0.15) is 11.3 Å². The molecule has 114 valence electrons. The Kier molecular flexibility index (Phi) is 4.05. The average Bonchev–Trinajstić information content (AvgIpc) is 3.02. The summed E-state index contributed by atoms with van der Waals surface area (Å²) in [4.78, 5) is 4.91. The predicted octanol–water partition coefficient (Wildman–Crippen LogP) is 3.45. The van der Waals surface area contributed by atoms with Crippen LogP contribution in [0.2, 0.25) is 0 Å². The molecule has 1 aliphatic rings. The van der Waals surface area contributed by atoms with E-state index < -0.39 is 0 Å². The maximum absolute atomic E-state index is 5.97. The van der Waals surface area contributed by atoms with Gasteiger partial charge in [-0.25, -0.2) is 0 Å². The molecule has 2 aromatic rings. The minimum absolute atomic E-state index is 0.648. The molecule has 3 heteroatoms. The molecule has 3 nitrogen and oxygen atoms in total. The van der Waals surface area contributed by atoms with Gasteiger partial charge in [0.2, 0.25) is 0 Å². The SMILES string of the molecule is CC(C)C1CN(Cc2cc3ccccc3o2)CC1N(C)C. The number of para-hydroxylation sites is 1. The van der Waals surface area contributed by atoms with Crippen molar-refractivity contribution in [2.24, 2.45) is 11.8 Å². The number of likely N-dealkylation sites (tertiary alicyclic amines) is 1. The van der Waals surface area contributed by atoms with Gasteiger partial charge in [-0.15, -0.1) is 0 Å². The van der Waals surface area contributed by atoms with Crippen LogP contribution in [0.3, 0.4) is 0 Å². The van der Waals surface area contributed by atoms with Crippen LogP contribution in [0.1, 0.15) is 19.6 Å². The first kappa shape index (κ1) is 14.6. The lowest BCUT2D eigenvalue weighted by atomic mass is 9.91. The van der Waals surface area contributed by atoms with Gasteiger partial charge < -0.3 is 9.32 Å². The van der Waals surface area contributed by atoms with Crippen molar-refractivity contribution in [1.29, 1.82) is 0 Å². The molecule has 0 spiro atoms. The fourth-order valence-corrected chi connectivity index (χ4v) is 3.56. The summed E-state index contributed by atoms with van der Waals surface area (Å²) in [5.41, 5.74) is 0.997. The van der Waals surface area contributed by atoms with Crippen LogP contribution in [0.15, 0.2) is 34.7 Å². The van der Waals surface area contributed by atoms with Crippen molar-refractivity contribution in [2.75, 3.05) is 27.2 Å². The number of furan rings is 1. The summed E-state index contributed by atoms with van der Waals surface area (Å²) < 4.78 is 5.97. The Hall–Kier alpha value is -1.32. The molecule has 0 radical (unpaired) electrons. The van der Waals surface area contributed by atoms with Gasteiger partial charge in [-0.1, -0.05) is 32.0 Å². The number of likely N-dealkylation sites (N-methyl/N-ethyl adjacent to an activating group) is 1. The quantitative estimate of drug-likeness (QED) is 0.858. The maximum Gasteiger partial charge on any atom is 0.134 e. The first-order chi connectivity index (χ1) is 10.0. The Morgan fingerprint density at radius 2 is 2.00 bits per heavy atom. The van der Waals surface area contributed by atoms with Gasteiger partial charge in [0.05, 0.1) is 6.54 Å². The van der Waals surface area contributed by atoms with E-state index in [0.717, 1.165) is 42.8 Å². The van der Waals surface area contributed by atoms with Gasteiger partial charge in [0, 0.05) is 24.5 Å². The van der Waals surface area contributed by atoms with Crippen molar-refractivity contribution < 1.29 is 4.42 Å². The summed E-state index contributed by atoms with van der Waals surface area (Å²) in [5.74, 6) is 2.54. The second kappa shape index (κ2) is 5.82. The summed E-state index contributed by atoms with van der Waals surface area (Å²) in [6.07, 6.45) is 0. The van der Waals surface area contributed by atoms with E-state index in [4.69, 9.17) is 4.42 Å². The third kappa shape index (κ3) is 2.99. The summed E-state index contributed by atoms with van der Waals surface area (Å²) in [6, 6.07) is 11.1. The van der Waals surface area contributed by atoms with Crippen LogP contribution < -0.4 is 0 Å². The van der Waals surface area contributed by atoms with Crippen LogP contribution in [0.25, 0.3) is 11.0 Å². The summed E-state index contributed by atoms with van der Waals surface area (Å²) >= 11 is 0. The second-order valence-corrected chi connectivity index (χ2v) is 6.88. The smallest absolute Gasteiger partial charge is 0.134 e. The number of hydrogen-bond acceptors (Lipinski definition) is 3. The molecular weight excluding hydrogens is 260 g/mol. The molecule has 2 atom stereocenters. The van der Waals surface area contributed by atoms with Gasteiger partial charge in [0.25, 0.3) is 0 Å². The largest absolute Gasteiger partial charge is 0.460 e. The van der Waals surface area contributed by atoms with E-state index >= 15 is 0 Å². The second-order valence-electron chi connectivity index (χ2n) is 6.88. The van der Waals surface area contributed by atoms with Crippen molar-refractivity contribution in [1.82, 2.24) is 9.80 Å². The van der Waals surface area contributed by atoms with Crippen LogP contribution in [0.5, 0.6) is 0 Å². The molecule has 1 aliphatic heterocycles. The lowest BCUT2D eigenvalue weighted by Gasteiger charge is -2.27. The van der Waals surface area contributed by atoms with E-state index in [0.29, 0.717) is 6.04 Å². The number of benzene rings is 1. The lowest BCUT2D eigenvalue weighted by molar-refractivity contribution is 0.215. The van der Waals surface area contributed by atoms with Crippen molar-refractivity contribution >= 4 is 11.0 Å². The van der Waals surface area contributed by atoms with Crippen LogP contribution in [0, 0.1) is 11.8 Å². The standard InChI is InChI=1S/C18H26N2O/c1-13(2)16-11-20(12-17(16)19(3)4)10-15-9-14-7-5-6-8-18(14)21-15/h5-9,13,16-17H,10-12H2,1-4H3. The molecule has 2 unspecified atom stereocenters. The molecule has 1 saturated heterocycles. The average molecular weight is 286 g/mol. The number of rotatable bonds is 4. The fraction of sp³-hybridized carbons (Fsp3) is 0.556. The van der Waals surface area contributed by atoms with Crippen molar-refractivity contribution in [3.8, 4) is 0 Å². The van der Waals surface area contributed by atoms with E-state index in [1.54, 1.807) is 0 Å². The molecule has 21 heavy (non-hydrogen) atoms. The Morgan fingerprint density at radius 3 is 2.62 bits per heavy atom. The molecule has 1 aromatic carbocycles.